The van der Waals surface area contributed by atoms with Gasteiger partial charge < -0.3 is 19.9 Å². The van der Waals surface area contributed by atoms with Crippen LogP contribution in [0.1, 0.15) is 25.7 Å². The maximum Gasteiger partial charge on any atom is 0.279 e. The van der Waals surface area contributed by atoms with E-state index in [0.29, 0.717) is 0 Å². The van der Waals surface area contributed by atoms with Crippen LogP contribution in [-0.2, 0) is 19.1 Å². The van der Waals surface area contributed by atoms with Gasteiger partial charge in [-0.25, -0.2) is 4.90 Å². The van der Waals surface area contributed by atoms with Gasteiger partial charge in [-0.1, -0.05) is 12.8 Å². The number of likely N-dealkylation sites (tertiary alicyclic amines) is 1. The van der Waals surface area contributed by atoms with Crippen LogP contribution in [0.25, 0.3) is 0 Å². The van der Waals surface area contributed by atoms with Crippen LogP contribution in [0.5, 0.6) is 0 Å². The van der Waals surface area contributed by atoms with Gasteiger partial charge in [0.1, 0.15) is 0 Å². The van der Waals surface area contributed by atoms with E-state index in [-0.39, 0.29) is 42.8 Å². The lowest BCUT2D eigenvalue weighted by Gasteiger charge is -2.28. The lowest BCUT2D eigenvalue weighted by Crippen LogP contribution is -3.11. The Bertz CT molecular complexity index is 767. The van der Waals surface area contributed by atoms with Crippen molar-refractivity contribution in [2.24, 2.45) is 11.8 Å². The first-order valence-corrected chi connectivity index (χ1v) is 10.9. The zero-order valence-corrected chi connectivity index (χ0v) is 17.6. The number of quaternary nitrogens is 1. The number of amides is 3. The largest absolute Gasteiger partial charge is 0.378 e. The third kappa shape index (κ3) is 4.49. The van der Waals surface area contributed by atoms with E-state index < -0.39 is 0 Å². The molecule has 3 atom stereocenters. The summed E-state index contributed by atoms with van der Waals surface area (Å²) in [5, 5.41) is 2.91. The van der Waals surface area contributed by atoms with Crippen LogP contribution >= 0.6 is 0 Å². The lowest BCUT2D eigenvalue weighted by molar-refractivity contribution is -0.878. The van der Waals surface area contributed by atoms with Crippen molar-refractivity contribution in [1.82, 2.24) is 4.90 Å². The summed E-state index contributed by atoms with van der Waals surface area (Å²) in [4.78, 5) is 42.1. The predicted octanol–water partition coefficient (Wildman–Crippen LogP) is 0.109. The first kappa shape index (κ1) is 20.8. The van der Waals surface area contributed by atoms with Crippen LogP contribution in [0.15, 0.2) is 24.3 Å². The molecule has 162 valence electrons. The standard InChI is InChI=1S/C22H30N4O4/c1-24(15-26-21(28)18-4-2-3-5-19(18)22(26)29)14-20(27)23-16-6-8-17(9-7-16)25-10-12-30-13-11-25/h6-9,18-19H,2-5,10-15H2,1H3,(H,23,27)/p+1/t18-,19-/m0/s1. The number of imide groups is 1. The highest BCUT2D eigenvalue weighted by molar-refractivity contribution is 6.05. The number of nitrogens with one attached hydrogen (secondary N) is 2. The lowest BCUT2D eigenvalue weighted by atomic mass is 9.81. The van der Waals surface area contributed by atoms with Crippen molar-refractivity contribution in [3.63, 3.8) is 0 Å². The topological polar surface area (TPSA) is 83.4 Å². The Morgan fingerprint density at radius 2 is 1.67 bits per heavy atom. The molecule has 3 fully saturated rings. The molecule has 0 aromatic heterocycles. The molecule has 0 bridgehead atoms. The first-order chi connectivity index (χ1) is 14.5. The Hall–Kier alpha value is -2.45. The van der Waals surface area contributed by atoms with Gasteiger partial charge in [0.2, 0.25) is 11.8 Å². The number of morpholine rings is 1. The third-order valence-electron chi connectivity index (χ3n) is 6.35. The molecule has 30 heavy (non-hydrogen) atoms. The van der Waals surface area contributed by atoms with E-state index in [4.69, 9.17) is 4.74 Å². The van der Waals surface area contributed by atoms with Crippen LogP contribution in [0.3, 0.4) is 0 Å². The molecular weight excluding hydrogens is 384 g/mol. The number of benzene rings is 1. The minimum absolute atomic E-state index is 0.0526. The molecule has 1 aromatic rings. The van der Waals surface area contributed by atoms with Gasteiger partial charge in [0.25, 0.3) is 5.91 Å². The zero-order chi connectivity index (χ0) is 21.1. The summed E-state index contributed by atoms with van der Waals surface area (Å²) in [5.74, 6) is -0.523. The molecule has 2 aliphatic heterocycles. The molecule has 1 aromatic carbocycles. The quantitative estimate of drug-likeness (QED) is 0.645. The van der Waals surface area contributed by atoms with Gasteiger partial charge in [-0.2, -0.15) is 0 Å². The second kappa shape index (κ2) is 9.14. The Morgan fingerprint density at radius 1 is 1.07 bits per heavy atom. The summed E-state index contributed by atoms with van der Waals surface area (Å²) >= 11 is 0. The molecule has 1 unspecified atom stereocenters. The maximum absolute atomic E-state index is 12.6. The van der Waals surface area contributed by atoms with Crippen LogP contribution in [0.2, 0.25) is 0 Å². The number of hydrogen-bond donors (Lipinski definition) is 2. The van der Waals surface area contributed by atoms with E-state index >= 15 is 0 Å². The van der Waals surface area contributed by atoms with Crippen LogP contribution in [0.4, 0.5) is 11.4 Å². The van der Waals surface area contributed by atoms with Crippen molar-refractivity contribution >= 4 is 29.1 Å². The number of rotatable bonds is 6. The van der Waals surface area contributed by atoms with Crippen molar-refractivity contribution in [2.75, 3.05) is 56.8 Å². The number of carbonyl (C=O) groups is 3. The highest BCUT2D eigenvalue weighted by Crippen LogP contribution is 2.37. The Morgan fingerprint density at radius 3 is 2.27 bits per heavy atom. The van der Waals surface area contributed by atoms with Crippen molar-refractivity contribution in [2.45, 2.75) is 25.7 Å². The average Bonchev–Trinajstić information content (AvgIpc) is 3.00. The van der Waals surface area contributed by atoms with Crippen molar-refractivity contribution in [1.29, 1.82) is 0 Å². The molecule has 3 aliphatic rings. The molecule has 0 radical (unpaired) electrons. The SMILES string of the molecule is C[NH+](CC(=O)Nc1ccc(N2CCOCC2)cc1)CN1C(=O)[C@H]2CCCC[C@@H]2C1=O. The second-order valence-corrected chi connectivity index (χ2v) is 8.59. The predicted molar refractivity (Wildman–Crippen MR) is 112 cm³/mol. The number of fused-ring (bicyclic) bond motifs is 1. The Labute approximate surface area is 177 Å². The Balaban J connectivity index is 1.27. The van der Waals surface area contributed by atoms with E-state index in [1.165, 1.54) is 4.90 Å². The smallest absolute Gasteiger partial charge is 0.279 e. The van der Waals surface area contributed by atoms with Gasteiger partial charge in [0.05, 0.1) is 32.1 Å². The van der Waals surface area contributed by atoms with Crippen molar-refractivity contribution in [3.8, 4) is 0 Å². The number of likely N-dealkylation sites (N-methyl/N-ethyl adjacent to an activating group) is 1. The Kier molecular flexibility index (Phi) is 6.34. The van der Waals surface area contributed by atoms with Gasteiger partial charge in [0, 0.05) is 24.5 Å². The fourth-order valence-corrected chi connectivity index (χ4v) is 4.77. The molecule has 2 heterocycles. The second-order valence-electron chi connectivity index (χ2n) is 8.59. The van der Waals surface area contributed by atoms with Gasteiger partial charge in [0.15, 0.2) is 13.2 Å². The molecule has 3 amide bonds. The van der Waals surface area contributed by atoms with Gasteiger partial charge in [-0.15, -0.1) is 0 Å². The molecule has 8 nitrogen and oxygen atoms in total. The summed E-state index contributed by atoms with van der Waals surface area (Å²) in [6.45, 7) is 3.64. The van der Waals surface area contributed by atoms with E-state index in [9.17, 15) is 14.4 Å². The van der Waals surface area contributed by atoms with Gasteiger partial charge in [-0.05, 0) is 37.1 Å². The number of nitrogens with zero attached hydrogens (tertiary/aromatic N) is 2. The minimum Gasteiger partial charge on any atom is -0.378 e. The molecule has 1 saturated carbocycles. The fraction of sp³-hybridized carbons (Fsp3) is 0.591. The molecule has 8 heteroatoms. The molecule has 0 spiro atoms. The maximum atomic E-state index is 12.6. The minimum atomic E-state index is -0.141. The number of anilines is 2. The van der Waals surface area contributed by atoms with Gasteiger partial charge in [-0.3, -0.25) is 14.4 Å². The molecule has 2 saturated heterocycles. The molecule has 1 aliphatic carbocycles. The van der Waals surface area contributed by atoms with Gasteiger partial charge >= 0.3 is 0 Å². The van der Waals surface area contributed by atoms with E-state index in [1.807, 2.05) is 31.3 Å². The molecule has 2 N–H and O–H groups in total. The summed E-state index contributed by atoms with van der Waals surface area (Å²) in [6.07, 6.45) is 3.66. The highest BCUT2D eigenvalue weighted by Gasteiger charge is 2.49. The monoisotopic (exact) mass is 415 g/mol. The highest BCUT2D eigenvalue weighted by atomic mass is 16.5. The summed E-state index contributed by atoms with van der Waals surface area (Å²) in [5.41, 5.74) is 1.86. The normalized spacial score (nSPS) is 25.2. The van der Waals surface area contributed by atoms with E-state index in [0.717, 1.165) is 68.3 Å². The summed E-state index contributed by atoms with van der Waals surface area (Å²) in [7, 11) is 1.84. The third-order valence-corrected chi connectivity index (χ3v) is 6.35. The van der Waals surface area contributed by atoms with Crippen molar-refractivity contribution in [3.05, 3.63) is 24.3 Å². The number of hydrogen-bond acceptors (Lipinski definition) is 5. The van der Waals surface area contributed by atoms with E-state index in [2.05, 4.69) is 10.2 Å². The van der Waals surface area contributed by atoms with Crippen LogP contribution in [0, 0.1) is 11.8 Å². The molecule has 4 rings (SSSR count). The van der Waals surface area contributed by atoms with E-state index in [1.54, 1.807) is 0 Å². The first-order valence-electron chi connectivity index (χ1n) is 10.9. The average molecular weight is 416 g/mol. The number of ether oxygens (including phenoxy) is 1. The van der Waals surface area contributed by atoms with Crippen molar-refractivity contribution < 1.29 is 24.0 Å². The zero-order valence-electron chi connectivity index (χ0n) is 17.6. The summed E-state index contributed by atoms with van der Waals surface area (Å²) in [6, 6.07) is 7.80. The fourth-order valence-electron chi connectivity index (χ4n) is 4.77. The number of carbonyl (C=O) groups excluding carboxylic acids is 3. The van der Waals surface area contributed by atoms with Crippen LogP contribution < -0.4 is 15.1 Å². The summed E-state index contributed by atoms with van der Waals surface area (Å²) < 4.78 is 5.38. The van der Waals surface area contributed by atoms with Crippen LogP contribution in [-0.4, -0.2) is 69.2 Å². The molecular formula is C22H31N4O4+.